The number of halogens is 4. The third-order valence-corrected chi connectivity index (χ3v) is 7.94. The molecule has 46 heavy (non-hydrogen) atoms. The molecule has 0 spiro atoms. The minimum absolute atomic E-state index is 0. The molecule has 0 aromatic heterocycles. The van der Waals surface area contributed by atoms with E-state index < -0.39 is 18.0 Å². The molecule has 10 heteroatoms. The van der Waals surface area contributed by atoms with E-state index in [0.29, 0.717) is 7.11 Å². The Kier molecular flexibility index (Phi) is 12.0. The van der Waals surface area contributed by atoms with Crippen LogP contribution in [0.5, 0.6) is 0 Å². The molecule has 0 bridgehead atoms. The number of para-hydroxylation sites is 2. The van der Waals surface area contributed by atoms with Gasteiger partial charge in [0.1, 0.15) is 0 Å². The van der Waals surface area contributed by atoms with Gasteiger partial charge in [0.2, 0.25) is 0 Å². The molecular formula is C36H36F4N2NiO3. The summed E-state index contributed by atoms with van der Waals surface area (Å²) >= 11 is 0. The molecule has 246 valence electrons. The van der Waals surface area contributed by atoms with E-state index in [9.17, 15) is 22.4 Å². The van der Waals surface area contributed by atoms with Crippen LogP contribution < -0.4 is 0 Å². The molecule has 5 nitrogen and oxygen atoms in total. The van der Waals surface area contributed by atoms with Crippen molar-refractivity contribution in [1.82, 2.24) is 0 Å². The molecule has 0 fully saturated rings. The minimum Gasteiger partial charge on any atom is -0.477 e. The number of hydrogen-bond acceptors (Lipinski definition) is 4. The van der Waals surface area contributed by atoms with Crippen molar-refractivity contribution in [3.8, 4) is 0 Å². The zero-order chi connectivity index (χ0) is 32.9. The molecule has 0 radical (unpaired) electrons. The second kappa shape index (κ2) is 15.1. The van der Waals surface area contributed by atoms with Crippen molar-refractivity contribution in [2.75, 3.05) is 7.11 Å². The molecule has 0 aliphatic heterocycles. The molecule has 1 aliphatic rings. The van der Waals surface area contributed by atoms with E-state index in [4.69, 9.17) is 15.1 Å². The second-order valence-corrected chi connectivity index (χ2v) is 10.5. The Morgan fingerprint density at radius 1 is 0.674 bits per heavy atom. The van der Waals surface area contributed by atoms with Crippen LogP contribution in [0.25, 0.3) is 10.8 Å². The maximum Gasteiger partial charge on any atom is 0.460 e. The van der Waals surface area contributed by atoms with E-state index in [0.717, 1.165) is 48.5 Å². The molecule has 1 aliphatic carbocycles. The number of hydrogen-bond donors (Lipinski definition) is 1. The maximum atomic E-state index is 12.2. The standard InChI is InChI=1S/C32H32N2.C4H4F4O3.Ni/c1-5-21-13-9-14-22(6-2)29(21)33-31-26-19-11-17-25-18-12-20-27(28(25)26)32(31)34-30-23(7-3)15-10-16-24(30)8-4;1-11-3(5,2(9)10)4(6,7)8;/h9-20H,5-8H2,1-4H3;1H3,(H,9,10);. The van der Waals surface area contributed by atoms with Gasteiger partial charge in [-0.1, -0.05) is 100 Å². The van der Waals surface area contributed by atoms with Crippen molar-refractivity contribution >= 4 is 39.5 Å². The average Bonchev–Trinajstić information content (AvgIpc) is 3.33. The predicted molar refractivity (Wildman–Crippen MR) is 171 cm³/mol. The Hall–Kier alpha value is -3.88. The molecule has 0 saturated heterocycles. The smallest absolute Gasteiger partial charge is 0.460 e. The van der Waals surface area contributed by atoms with Crippen LogP contribution >= 0.6 is 0 Å². The molecule has 4 aromatic rings. The summed E-state index contributed by atoms with van der Waals surface area (Å²) in [7, 11) is 0.321. The predicted octanol–water partition coefficient (Wildman–Crippen LogP) is 9.29. The Morgan fingerprint density at radius 3 is 1.28 bits per heavy atom. The van der Waals surface area contributed by atoms with E-state index in [1.54, 1.807) is 0 Å². The quantitative estimate of drug-likeness (QED) is 0.149. The van der Waals surface area contributed by atoms with Crippen molar-refractivity contribution in [3.05, 3.63) is 106 Å². The third kappa shape index (κ3) is 6.93. The molecule has 0 heterocycles. The van der Waals surface area contributed by atoms with Gasteiger partial charge in [-0.2, -0.15) is 17.6 Å². The van der Waals surface area contributed by atoms with Crippen molar-refractivity contribution in [3.63, 3.8) is 0 Å². The largest absolute Gasteiger partial charge is 0.477 e. The Bertz CT molecular complexity index is 1630. The molecule has 4 aromatic carbocycles. The van der Waals surface area contributed by atoms with Gasteiger partial charge in [0.25, 0.3) is 0 Å². The number of nitrogens with zero attached hydrogens (tertiary/aromatic N) is 2. The summed E-state index contributed by atoms with van der Waals surface area (Å²) in [5.74, 6) is -7.32. The van der Waals surface area contributed by atoms with Gasteiger partial charge in [-0.3, -0.25) is 0 Å². The van der Waals surface area contributed by atoms with E-state index >= 15 is 0 Å². The zero-order valence-electron chi connectivity index (χ0n) is 26.2. The third-order valence-electron chi connectivity index (χ3n) is 7.94. The van der Waals surface area contributed by atoms with Gasteiger partial charge in [-0.25, -0.2) is 14.8 Å². The molecule has 0 saturated carbocycles. The zero-order valence-corrected chi connectivity index (χ0v) is 27.2. The summed E-state index contributed by atoms with van der Waals surface area (Å²) in [5, 5.41) is 10.3. The van der Waals surface area contributed by atoms with Crippen LogP contribution in [0, 0.1) is 0 Å². The number of carboxylic acids is 1. The molecule has 1 atom stereocenters. The van der Waals surface area contributed by atoms with Crippen LogP contribution in [0.3, 0.4) is 0 Å². The van der Waals surface area contributed by atoms with E-state index in [-0.39, 0.29) is 16.5 Å². The number of ether oxygens (including phenoxy) is 1. The van der Waals surface area contributed by atoms with Gasteiger partial charge >= 0.3 is 18.0 Å². The number of carboxylic acid groups (broad SMARTS) is 1. The van der Waals surface area contributed by atoms with Crippen molar-refractivity contribution in [2.24, 2.45) is 9.98 Å². The van der Waals surface area contributed by atoms with E-state index in [1.807, 2.05) is 0 Å². The van der Waals surface area contributed by atoms with E-state index in [1.165, 1.54) is 44.2 Å². The normalized spacial score (nSPS) is 15.3. The number of rotatable bonds is 8. The summed E-state index contributed by atoms with van der Waals surface area (Å²) in [4.78, 5) is 20.5. The number of benzene rings is 4. The summed E-state index contributed by atoms with van der Waals surface area (Å²) in [6, 6.07) is 26.2. The van der Waals surface area contributed by atoms with Crippen molar-refractivity contribution < 1.29 is 48.7 Å². The van der Waals surface area contributed by atoms with Crippen LogP contribution in [-0.2, 0) is 51.7 Å². The van der Waals surface area contributed by atoms with E-state index in [2.05, 4.69) is 105 Å². The van der Waals surface area contributed by atoms with Gasteiger partial charge in [-0.15, -0.1) is 0 Å². The van der Waals surface area contributed by atoms with Gasteiger partial charge in [0.05, 0.1) is 22.8 Å². The summed E-state index contributed by atoms with van der Waals surface area (Å²) in [6.07, 6.45) is -1.72. The van der Waals surface area contributed by atoms with Gasteiger partial charge in [-0.05, 0) is 53.3 Å². The Morgan fingerprint density at radius 2 is 1.02 bits per heavy atom. The SMILES string of the molecule is CCc1cccc(CC)c1N=C1C(=Nc2c(CC)cccc2CC)c2cccc3cccc1c23.COC(F)(C(=O)O)C(F)(F)F.[Ni]. The minimum atomic E-state index is -5.56. The average molecular weight is 679 g/mol. The second-order valence-electron chi connectivity index (χ2n) is 10.5. The van der Waals surface area contributed by atoms with Crippen molar-refractivity contribution in [1.29, 1.82) is 0 Å². The molecule has 1 unspecified atom stereocenters. The van der Waals surface area contributed by atoms with Crippen LogP contribution in [-0.4, -0.2) is 41.6 Å². The van der Waals surface area contributed by atoms with Crippen LogP contribution in [0.1, 0.15) is 61.1 Å². The van der Waals surface area contributed by atoms with Crippen molar-refractivity contribution in [2.45, 2.75) is 65.4 Å². The first-order valence-corrected chi connectivity index (χ1v) is 14.9. The van der Waals surface area contributed by atoms with Crippen LogP contribution in [0.15, 0.2) is 82.8 Å². The number of aliphatic imine (C=N–C) groups is 2. The van der Waals surface area contributed by atoms with Gasteiger partial charge in [0, 0.05) is 40.1 Å². The number of alkyl halides is 4. The number of aryl methyl sites for hydroxylation is 4. The number of carbonyl (C=O) groups is 1. The van der Waals surface area contributed by atoms with Gasteiger partial charge in [0.15, 0.2) is 0 Å². The molecular weight excluding hydrogens is 643 g/mol. The molecule has 1 N–H and O–H groups in total. The summed E-state index contributed by atoms with van der Waals surface area (Å²) in [5.41, 5.74) is 11.7. The maximum absolute atomic E-state index is 12.2. The van der Waals surface area contributed by atoms with Crippen LogP contribution in [0.4, 0.5) is 28.9 Å². The first-order chi connectivity index (χ1) is 21.4. The Labute approximate surface area is 276 Å². The molecule has 0 amide bonds. The number of aliphatic carboxylic acids is 1. The Balaban J connectivity index is 0.000000414. The number of methoxy groups -OCH3 is 1. The first-order valence-electron chi connectivity index (χ1n) is 14.9. The van der Waals surface area contributed by atoms with Crippen LogP contribution in [0.2, 0.25) is 0 Å². The fraction of sp³-hybridized carbons (Fsp3) is 0.306. The van der Waals surface area contributed by atoms with Gasteiger partial charge < -0.3 is 9.84 Å². The fourth-order valence-corrected chi connectivity index (χ4v) is 5.48. The summed E-state index contributed by atoms with van der Waals surface area (Å²) < 4.78 is 49.8. The summed E-state index contributed by atoms with van der Waals surface area (Å²) in [6.45, 7) is 8.84. The first kappa shape index (κ1) is 36.6. The molecule has 5 rings (SSSR count). The fourth-order valence-electron chi connectivity index (χ4n) is 5.48. The topological polar surface area (TPSA) is 71.2 Å². The monoisotopic (exact) mass is 678 g/mol.